The van der Waals surface area contributed by atoms with E-state index in [0.717, 1.165) is 13.0 Å². The molecule has 1 N–H and O–H groups in total. The van der Waals surface area contributed by atoms with Crippen molar-refractivity contribution in [3.8, 4) is 0 Å². The monoisotopic (exact) mass is 237 g/mol. The quantitative estimate of drug-likeness (QED) is 0.815. The van der Waals surface area contributed by atoms with Crippen LogP contribution in [0.15, 0.2) is 35.3 Å². The van der Waals surface area contributed by atoms with E-state index in [1.165, 1.54) is 5.57 Å². The Balaban J connectivity index is 1.95. The number of rotatable bonds is 3. The average Bonchev–Trinajstić information content (AvgIpc) is 2.30. The van der Waals surface area contributed by atoms with Gasteiger partial charge in [0.05, 0.1) is 6.10 Å². The lowest BCUT2D eigenvalue weighted by atomic mass is 9.90. The Labute approximate surface area is 102 Å². The van der Waals surface area contributed by atoms with E-state index in [4.69, 9.17) is 4.74 Å². The Morgan fingerprint density at radius 3 is 3.12 bits per heavy atom. The zero-order valence-electron chi connectivity index (χ0n) is 9.85. The standard InChI is InChI=1S/C13H19NOS/c1-10-4-3-5-11(8-10)12-6-7-16-13(15-12)9-14-2/h3-7,11-14H,8-9H2,1-2H3/t11?,12?,13-/m0/s1. The molecule has 0 aromatic rings. The molecule has 0 amide bonds. The maximum Gasteiger partial charge on any atom is 0.120 e. The highest BCUT2D eigenvalue weighted by atomic mass is 32.2. The van der Waals surface area contributed by atoms with Crippen molar-refractivity contribution >= 4 is 11.8 Å². The lowest BCUT2D eigenvalue weighted by Crippen LogP contribution is -2.33. The summed E-state index contributed by atoms with van der Waals surface area (Å²) in [7, 11) is 1.96. The van der Waals surface area contributed by atoms with Crippen molar-refractivity contribution in [2.75, 3.05) is 13.6 Å². The van der Waals surface area contributed by atoms with Crippen LogP contribution >= 0.6 is 11.8 Å². The van der Waals surface area contributed by atoms with Crippen molar-refractivity contribution in [2.45, 2.75) is 24.9 Å². The molecule has 2 aliphatic rings. The number of ether oxygens (including phenoxy) is 1. The smallest absolute Gasteiger partial charge is 0.120 e. The fourth-order valence-electron chi connectivity index (χ4n) is 2.07. The number of thioether (sulfide) groups is 1. The first-order valence-corrected chi connectivity index (χ1v) is 6.70. The van der Waals surface area contributed by atoms with Gasteiger partial charge in [0.1, 0.15) is 5.44 Å². The molecule has 3 heteroatoms. The van der Waals surface area contributed by atoms with Crippen LogP contribution in [0.4, 0.5) is 0 Å². The van der Waals surface area contributed by atoms with E-state index in [1.807, 2.05) is 7.05 Å². The van der Waals surface area contributed by atoms with Crippen molar-refractivity contribution in [3.63, 3.8) is 0 Å². The second-order valence-corrected chi connectivity index (χ2v) is 5.39. The van der Waals surface area contributed by atoms with Crippen molar-refractivity contribution in [2.24, 2.45) is 5.92 Å². The first-order chi connectivity index (χ1) is 7.79. The molecule has 0 bridgehead atoms. The molecule has 2 rings (SSSR count). The summed E-state index contributed by atoms with van der Waals surface area (Å²) < 4.78 is 6.05. The normalized spacial score (nSPS) is 33.9. The summed E-state index contributed by atoms with van der Waals surface area (Å²) in [6.45, 7) is 3.08. The Morgan fingerprint density at radius 1 is 1.50 bits per heavy atom. The molecule has 0 saturated heterocycles. The van der Waals surface area contributed by atoms with E-state index < -0.39 is 0 Å². The molecular formula is C13H19NOS. The molecule has 1 aliphatic carbocycles. The summed E-state index contributed by atoms with van der Waals surface area (Å²) in [4.78, 5) is 0. The minimum absolute atomic E-state index is 0.236. The molecule has 0 radical (unpaired) electrons. The first-order valence-electron chi connectivity index (χ1n) is 5.76. The van der Waals surface area contributed by atoms with Crippen LogP contribution in [-0.4, -0.2) is 25.1 Å². The summed E-state index contributed by atoms with van der Waals surface area (Å²) in [5.41, 5.74) is 1.69. The van der Waals surface area contributed by atoms with Crippen LogP contribution in [0.2, 0.25) is 0 Å². The molecule has 2 unspecified atom stereocenters. The summed E-state index contributed by atoms with van der Waals surface area (Å²) in [6, 6.07) is 0. The van der Waals surface area contributed by atoms with Gasteiger partial charge in [0.2, 0.25) is 0 Å². The first kappa shape index (κ1) is 12.0. The third-order valence-corrected chi connectivity index (χ3v) is 3.79. The maximum atomic E-state index is 6.05. The predicted octanol–water partition coefficient (Wildman–Crippen LogP) is 2.70. The Morgan fingerprint density at radius 2 is 2.38 bits per heavy atom. The SMILES string of the molecule is CNC[C@H]1OC(C2C=CC=C(C)C2)C=CS1. The van der Waals surface area contributed by atoms with Gasteiger partial charge < -0.3 is 10.1 Å². The van der Waals surface area contributed by atoms with E-state index in [9.17, 15) is 0 Å². The minimum Gasteiger partial charge on any atom is -0.358 e. The van der Waals surface area contributed by atoms with Crippen LogP contribution in [-0.2, 0) is 4.74 Å². The van der Waals surface area contributed by atoms with Crippen LogP contribution in [0.5, 0.6) is 0 Å². The summed E-state index contributed by atoms with van der Waals surface area (Å²) in [5, 5.41) is 5.34. The molecule has 0 fully saturated rings. The van der Waals surface area contributed by atoms with Crippen molar-refractivity contribution in [1.82, 2.24) is 5.32 Å². The van der Waals surface area contributed by atoms with Crippen LogP contribution in [0.1, 0.15) is 13.3 Å². The van der Waals surface area contributed by atoms with E-state index >= 15 is 0 Å². The summed E-state index contributed by atoms with van der Waals surface area (Å²) in [6.07, 6.45) is 10.1. The molecular weight excluding hydrogens is 218 g/mol. The molecule has 0 spiro atoms. The predicted molar refractivity (Wildman–Crippen MR) is 70.3 cm³/mol. The Kier molecular flexibility index (Phi) is 4.27. The molecule has 2 nitrogen and oxygen atoms in total. The molecule has 0 aromatic heterocycles. The van der Waals surface area contributed by atoms with Gasteiger partial charge in [0.25, 0.3) is 0 Å². The number of allylic oxidation sites excluding steroid dienone is 3. The molecule has 3 atom stereocenters. The molecule has 88 valence electrons. The van der Waals surface area contributed by atoms with Crippen LogP contribution in [0.25, 0.3) is 0 Å². The van der Waals surface area contributed by atoms with Gasteiger partial charge in [-0.3, -0.25) is 0 Å². The number of hydrogen-bond acceptors (Lipinski definition) is 3. The van der Waals surface area contributed by atoms with Crippen LogP contribution in [0, 0.1) is 5.92 Å². The zero-order chi connectivity index (χ0) is 11.4. The van der Waals surface area contributed by atoms with E-state index in [2.05, 4.69) is 42.0 Å². The van der Waals surface area contributed by atoms with Crippen molar-refractivity contribution in [1.29, 1.82) is 0 Å². The second kappa shape index (κ2) is 5.71. The van der Waals surface area contributed by atoms with Gasteiger partial charge >= 0.3 is 0 Å². The highest BCUT2D eigenvalue weighted by molar-refractivity contribution is 8.02. The van der Waals surface area contributed by atoms with Gasteiger partial charge in [-0.1, -0.05) is 23.8 Å². The molecule has 1 heterocycles. The Hall–Kier alpha value is -0.510. The van der Waals surface area contributed by atoms with Gasteiger partial charge in [-0.05, 0) is 31.9 Å². The topological polar surface area (TPSA) is 21.3 Å². The number of likely N-dealkylation sites (N-methyl/N-ethyl adjacent to an activating group) is 1. The molecule has 1 aliphatic heterocycles. The average molecular weight is 237 g/mol. The summed E-state index contributed by atoms with van der Waals surface area (Å²) in [5.74, 6) is 0.501. The lowest BCUT2D eigenvalue weighted by molar-refractivity contribution is 0.0390. The van der Waals surface area contributed by atoms with Crippen LogP contribution in [0.3, 0.4) is 0 Å². The van der Waals surface area contributed by atoms with Gasteiger partial charge in [0.15, 0.2) is 0 Å². The highest BCUT2D eigenvalue weighted by Gasteiger charge is 2.25. The summed E-state index contributed by atoms with van der Waals surface area (Å²) >= 11 is 1.75. The van der Waals surface area contributed by atoms with Gasteiger partial charge in [0, 0.05) is 12.5 Å². The number of nitrogens with one attached hydrogen (secondary N) is 1. The fraction of sp³-hybridized carbons (Fsp3) is 0.538. The number of hydrogen-bond donors (Lipinski definition) is 1. The van der Waals surface area contributed by atoms with Gasteiger partial charge in [-0.25, -0.2) is 0 Å². The van der Waals surface area contributed by atoms with E-state index in [-0.39, 0.29) is 11.5 Å². The van der Waals surface area contributed by atoms with E-state index in [1.54, 1.807) is 11.8 Å². The fourth-order valence-corrected chi connectivity index (χ4v) is 2.94. The second-order valence-electron chi connectivity index (χ2n) is 4.32. The van der Waals surface area contributed by atoms with Gasteiger partial charge in [-0.2, -0.15) is 0 Å². The molecule has 16 heavy (non-hydrogen) atoms. The van der Waals surface area contributed by atoms with Crippen LogP contribution < -0.4 is 5.32 Å². The lowest BCUT2D eigenvalue weighted by Gasteiger charge is -2.31. The van der Waals surface area contributed by atoms with E-state index in [0.29, 0.717) is 5.92 Å². The third-order valence-electron chi connectivity index (χ3n) is 2.90. The largest absolute Gasteiger partial charge is 0.358 e. The zero-order valence-corrected chi connectivity index (χ0v) is 10.7. The third kappa shape index (κ3) is 3.00. The molecule has 0 aromatic carbocycles. The molecule has 0 saturated carbocycles. The highest BCUT2D eigenvalue weighted by Crippen LogP contribution is 2.30. The minimum atomic E-state index is 0.236. The van der Waals surface area contributed by atoms with Crippen molar-refractivity contribution < 1.29 is 4.74 Å². The van der Waals surface area contributed by atoms with Gasteiger partial charge in [-0.15, -0.1) is 11.8 Å². The Bertz CT molecular complexity index is 322. The maximum absolute atomic E-state index is 6.05. The van der Waals surface area contributed by atoms with Crippen molar-refractivity contribution in [3.05, 3.63) is 35.3 Å².